The molecule has 0 radical (unpaired) electrons. The summed E-state index contributed by atoms with van der Waals surface area (Å²) < 4.78 is 5.29. The summed E-state index contributed by atoms with van der Waals surface area (Å²) in [4.78, 5) is 10.7. The summed E-state index contributed by atoms with van der Waals surface area (Å²) in [5.41, 5.74) is 1.41. The molecule has 0 fully saturated rings. The van der Waals surface area contributed by atoms with E-state index in [-0.39, 0.29) is 17.8 Å². The Balaban J connectivity index is 2.69. The predicted molar refractivity (Wildman–Crippen MR) is 61.3 cm³/mol. The second kappa shape index (κ2) is 4.47. The zero-order chi connectivity index (χ0) is 11.5. The van der Waals surface area contributed by atoms with Crippen molar-refractivity contribution < 1.29 is 9.53 Å². The second-order valence-corrected chi connectivity index (χ2v) is 4.77. The van der Waals surface area contributed by atoms with Crippen LogP contribution in [0, 0.1) is 0 Å². The van der Waals surface area contributed by atoms with Gasteiger partial charge in [0.05, 0.1) is 0 Å². The molecule has 1 aromatic carbocycles. The number of ether oxygens (including phenoxy) is 1. The minimum absolute atomic E-state index is 0.0369. The molecule has 0 amide bonds. The average molecular weight is 206 g/mol. The lowest BCUT2D eigenvalue weighted by atomic mass is 9.87. The van der Waals surface area contributed by atoms with Crippen molar-refractivity contribution in [2.75, 3.05) is 6.61 Å². The van der Waals surface area contributed by atoms with E-state index in [4.69, 9.17) is 4.74 Å². The van der Waals surface area contributed by atoms with Gasteiger partial charge < -0.3 is 4.74 Å². The molecule has 0 unspecified atom stereocenters. The molecule has 15 heavy (non-hydrogen) atoms. The first kappa shape index (κ1) is 11.8. The molecule has 0 aromatic heterocycles. The Bertz CT molecular complexity index is 331. The molecule has 0 bridgehead atoms. The summed E-state index contributed by atoms with van der Waals surface area (Å²) in [6.07, 6.45) is 0. The molecule has 2 nitrogen and oxygen atoms in total. The van der Waals surface area contributed by atoms with E-state index < -0.39 is 0 Å². The number of rotatable bonds is 3. The third-order valence-electron chi connectivity index (χ3n) is 2.16. The topological polar surface area (TPSA) is 26.3 Å². The van der Waals surface area contributed by atoms with Gasteiger partial charge in [0.15, 0.2) is 5.78 Å². The van der Waals surface area contributed by atoms with Gasteiger partial charge in [-0.05, 0) is 30.0 Å². The van der Waals surface area contributed by atoms with Crippen LogP contribution in [-0.4, -0.2) is 12.4 Å². The van der Waals surface area contributed by atoms with E-state index in [9.17, 15) is 4.79 Å². The summed E-state index contributed by atoms with van der Waals surface area (Å²) in [5, 5.41) is 0. The number of carbonyl (C=O) groups is 1. The van der Waals surface area contributed by atoms with E-state index in [0.29, 0.717) is 0 Å². The van der Waals surface area contributed by atoms with Crippen LogP contribution >= 0.6 is 0 Å². The predicted octanol–water partition coefficient (Wildman–Crippen LogP) is 2.95. The summed E-state index contributed by atoms with van der Waals surface area (Å²) in [6.45, 7) is 8.16. The van der Waals surface area contributed by atoms with E-state index in [0.717, 1.165) is 5.75 Å². The van der Waals surface area contributed by atoms with Crippen LogP contribution in [0.15, 0.2) is 24.3 Å². The SMILES string of the molecule is CC(=O)COc1ccc(C(C)(C)C)cc1. The molecule has 0 atom stereocenters. The molecule has 1 rings (SSSR count). The normalized spacial score (nSPS) is 11.2. The Labute approximate surface area is 91.3 Å². The molecule has 0 saturated carbocycles. The number of carbonyl (C=O) groups excluding carboxylic acids is 1. The molecule has 82 valence electrons. The summed E-state index contributed by atoms with van der Waals surface area (Å²) in [5.74, 6) is 0.785. The highest BCUT2D eigenvalue weighted by Crippen LogP contribution is 2.24. The van der Waals surface area contributed by atoms with Gasteiger partial charge in [0.25, 0.3) is 0 Å². The molecule has 2 heteroatoms. The fourth-order valence-corrected chi connectivity index (χ4v) is 1.24. The summed E-state index contributed by atoms with van der Waals surface area (Å²) >= 11 is 0. The van der Waals surface area contributed by atoms with Gasteiger partial charge >= 0.3 is 0 Å². The highest BCUT2D eigenvalue weighted by atomic mass is 16.5. The molecule has 0 heterocycles. The maximum Gasteiger partial charge on any atom is 0.167 e. The molecule has 0 aliphatic heterocycles. The van der Waals surface area contributed by atoms with E-state index in [1.807, 2.05) is 24.3 Å². The zero-order valence-electron chi connectivity index (χ0n) is 9.83. The summed E-state index contributed by atoms with van der Waals surface area (Å²) in [7, 11) is 0. The van der Waals surface area contributed by atoms with Crippen molar-refractivity contribution in [3.63, 3.8) is 0 Å². The van der Waals surface area contributed by atoms with Gasteiger partial charge in [-0.15, -0.1) is 0 Å². The number of Topliss-reactive ketones (excluding diaryl/α,β-unsaturated/α-hetero) is 1. The van der Waals surface area contributed by atoms with E-state index >= 15 is 0 Å². The Morgan fingerprint density at radius 3 is 2.13 bits per heavy atom. The van der Waals surface area contributed by atoms with E-state index in [1.54, 1.807) is 0 Å². The third kappa shape index (κ3) is 3.74. The molecule has 0 saturated heterocycles. The van der Waals surface area contributed by atoms with E-state index in [2.05, 4.69) is 20.8 Å². The highest BCUT2D eigenvalue weighted by Gasteiger charge is 2.12. The highest BCUT2D eigenvalue weighted by molar-refractivity contribution is 5.77. The van der Waals surface area contributed by atoms with Crippen molar-refractivity contribution in [3.8, 4) is 5.75 Å². The van der Waals surface area contributed by atoms with E-state index in [1.165, 1.54) is 12.5 Å². The Morgan fingerprint density at radius 1 is 1.20 bits per heavy atom. The molecule has 1 aromatic rings. The smallest absolute Gasteiger partial charge is 0.167 e. The monoisotopic (exact) mass is 206 g/mol. The third-order valence-corrected chi connectivity index (χ3v) is 2.16. The van der Waals surface area contributed by atoms with Crippen LogP contribution in [0.3, 0.4) is 0 Å². The average Bonchev–Trinajstić information content (AvgIpc) is 2.14. The van der Waals surface area contributed by atoms with Crippen LogP contribution in [0.2, 0.25) is 0 Å². The number of benzene rings is 1. The van der Waals surface area contributed by atoms with Crippen LogP contribution in [0.4, 0.5) is 0 Å². The van der Waals surface area contributed by atoms with Crippen LogP contribution in [0.1, 0.15) is 33.3 Å². The summed E-state index contributed by atoms with van der Waals surface area (Å²) in [6, 6.07) is 7.89. The van der Waals surface area contributed by atoms with Crippen LogP contribution in [0.5, 0.6) is 5.75 Å². The minimum Gasteiger partial charge on any atom is -0.486 e. The van der Waals surface area contributed by atoms with Crippen molar-refractivity contribution in [3.05, 3.63) is 29.8 Å². The van der Waals surface area contributed by atoms with Gasteiger partial charge in [0.1, 0.15) is 12.4 Å². The maximum absolute atomic E-state index is 10.7. The lowest BCUT2D eigenvalue weighted by Gasteiger charge is -2.19. The van der Waals surface area contributed by atoms with Crippen molar-refractivity contribution >= 4 is 5.78 Å². The molecular weight excluding hydrogens is 188 g/mol. The van der Waals surface area contributed by atoms with Gasteiger partial charge in [-0.1, -0.05) is 32.9 Å². The largest absolute Gasteiger partial charge is 0.486 e. The fraction of sp³-hybridized carbons (Fsp3) is 0.462. The Morgan fingerprint density at radius 2 is 1.73 bits per heavy atom. The lowest BCUT2D eigenvalue weighted by molar-refractivity contribution is -0.118. The van der Waals surface area contributed by atoms with Crippen LogP contribution in [0.25, 0.3) is 0 Å². The maximum atomic E-state index is 10.7. The van der Waals surface area contributed by atoms with Crippen molar-refractivity contribution in [2.24, 2.45) is 0 Å². The van der Waals surface area contributed by atoms with Gasteiger partial charge in [0.2, 0.25) is 0 Å². The Hall–Kier alpha value is -1.31. The molecular formula is C13H18O2. The quantitative estimate of drug-likeness (QED) is 0.760. The minimum atomic E-state index is 0.0369. The van der Waals surface area contributed by atoms with Crippen molar-refractivity contribution in [2.45, 2.75) is 33.1 Å². The molecule has 0 N–H and O–H groups in total. The first-order valence-electron chi connectivity index (χ1n) is 5.12. The van der Waals surface area contributed by atoms with Crippen molar-refractivity contribution in [1.29, 1.82) is 0 Å². The standard InChI is InChI=1S/C13H18O2/c1-10(14)9-15-12-7-5-11(6-8-12)13(2,3)4/h5-8H,9H2,1-4H3. The Kier molecular flexibility index (Phi) is 3.51. The van der Waals surface area contributed by atoms with Crippen molar-refractivity contribution in [1.82, 2.24) is 0 Å². The number of ketones is 1. The zero-order valence-corrected chi connectivity index (χ0v) is 9.83. The first-order valence-corrected chi connectivity index (χ1v) is 5.12. The number of hydrogen-bond donors (Lipinski definition) is 0. The van der Waals surface area contributed by atoms with Gasteiger partial charge in [-0.2, -0.15) is 0 Å². The van der Waals surface area contributed by atoms with Gasteiger partial charge in [-0.3, -0.25) is 4.79 Å². The lowest BCUT2D eigenvalue weighted by Crippen LogP contribution is -2.11. The van der Waals surface area contributed by atoms with Crippen LogP contribution in [-0.2, 0) is 10.2 Å². The van der Waals surface area contributed by atoms with Gasteiger partial charge in [-0.25, -0.2) is 0 Å². The second-order valence-electron chi connectivity index (χ2n) is 4.77. The molecule has 0 spiro atoms. The van der Waals surface area contributed by atoms with Crippen LogP contribution < -0.4 is 4.74 Å². The number of hydrogen-bond acceptors (Lipinski definition) is 2. The first-order chi connectivity index (χ1) is 6.89. The molecule has 0 aliphatic carbocycles. The molecule has 0 aliphatic rings. The fourth-order valence-electron chi connectivity index (χ4n) is 1.24. The van der Waals surface area contributed by atoms with Gasteiger partial charge in [0, 0.05) is 0 Å².